The predicted octanol–water partition coefficient (Wildman–Crippen LogP) is 2.37. The Hall–Kier alpha value is -0.870. The van der Waals surface area contributed by atoms with Gasteiger partial charge in [-0.25, -0.2) is 0 Å². The van der Waals surface area contributed by atoms with Gasteiger partial charge >= 0.3 is 0 Å². The molecule has 106 valence electrons. The van der Waals surface area contributed by atoms with Crippen LogP contribution in [0.15, 0.2) is 0 Å². The van der Waals surface area contributed by atoms with E-state index in [0.29, 0.717) is 11.4 Å². The van der Waals surface area contributed by atoms with Gasteiger partial charge < -0.3 is 5.32 Å². The molecule has 2 heterocycles. The van der Waals surface area contributed by atoms with Gasteiger partial charge in [-0.15, -0.1) is 0 Å². The molecular weight excluding hydrogens is 262 g/mol. The molecule has 0 unspecified atom stereocenters. The van der Waals surface area contributed by atoms with Crippen molar-refractivity contribution in [1.82, 2.24) is 15.1 Å². The molecule has 0 saturated carbocycles. The lowest BCUT2D eigenvalue weighted by Gasteiger charge is -2.32. The van der Waals surface area contributed by atoms with Crippen LogP contribution in [-0.4, -0.2) is 28.7 Å². The van der Waals surface area contributed by atoms with Crippen LogP contribution in [0.1, 0.15) is 38.1 Å². The Morgan fingerprint density at radius 2 is 2.11 bits per heavy atom. The molecule has 5 heteroatoms. The highest BCUT2D eigenvalue weighted by atomic mass is 35.5. The van der Waals surface area contributed by atoms with Gasteiger partial charge in [0.1, 0.15) is 5.78 Å². The molecule has 0 amide bonds. The van der Waals surface area contributed by atoms with Crippen LogP contribution in [0.5, 0.6) is 0 Å². The van der Waals surface area contributed by atoms with E-state index in [1.807, 2.05) is 18.5 Å². The summed E-state index contributed by atoms with van der Waals surface area (Å²) in [6, 6.07) is 0. The number of aryl methyl sites for hydroxylation is 2. The van der Waals surface area contributed by atoms with Crippen LogP contribution < -0.4 is 5.32 Å². The quantitative estimate of drug-likeness (QED) is 0.923. The first-order valence-corrected chi connectivity index (χ1v) is 7.31. The minimum Gasteiger partial charge on any atom is -0.317 e. The predicted molar refractivity (Wildman–Crippen MR) is 76.6 cm³/mol. The van der Waals surface area contributed by atoms with Crippen molar-refractivity contribution in [3.8, 4) is 0 Å². The number of nitrogens with one attached hydrogen (secondary N) is 1. The SMILES string of the molecule is CCn1nc(C)c(Cl)c1CC(=O)C1(C)CCNCC1. The van der Waals surface area contributed by atoms with Gasteiger partial charge in [0, 0.05) is 12.0 Å². The average molecular weight is 284 g/mol. The van der Waals surface area contributed by atoms with Gasteiger partial charge in [0.25, 0.3) is 0 Å². The molecule has 1 saturated heterocycles. The van der Waals surface area contributed by atoms with Crippen molar-refractivity contribution in [3.05, 3.63) is 16.4 Å². The monoisotopic (exact) mass is 283 g/mol. The summed E-state index contributed by atoms with van der Waals surface area (Å²) < 4.78 is 1.85. The molecule has 4 nitrogen and oxygen atoms in total. The second kappa shape index (κ2) is 5.63. The fourth-order valence-corrected chi connectivity index (χ4v) is 2.86. The van der Waals surface area contributed by atoms with Crippen molar-refractivity contribution in [2.75, 3.05) is 13.1 Å². The smallest absolute Gasteiger partial charge is 0.144 e. The van der Waals surface area contributed by atoms with Gasteiger partial charge in [-0.3, -0.25) is 9.48 Å². The molecule has 1 fully saturated rings. The van der Waals surface area contributed by atoms with Crippen molar-refractivity contribution >= 4 is 17.4 Å². The Morgan fingerprint density at radius 1 is 1.47 bits per heavy atom. The molecule has 19 heavy (non-hydrogen) atoms. The number of carbonyl (C=O) groups excluding carboxylic acids is 1. The van der Waals surface area contributed by atoms with E-state index in [9.17, 15) is 4.79 Å². The first-order valence-electron chi connectivity index (χ1n) is 6.93. The summed E-state index contributed by atoms with van der Waals surface area (Å²) in [6.07, 6.45) is 2.20. The molecule has 0 spiro atoms. The summed E-state index contributed by atoms with van der Waals surface area (Å²) in [7, 11) is 0. The molecule has 0 aliphatic carbocycles. The van der Waals surface area contributed by atoms with Crippen LogP contribution >= 0.6 is 11.6 Å². The minimum atomic E-state index is -0.217. The maximum absolute atomic E-state index is 12.6. The zero-order valence-corrected chi connectivity index (χ0v) is 12.7. The summed E-state index contributed by atoms with van der Waals surface area (Å²) in [5.74, 6) is 0.283. The summed E-state index contributed by atoms with van der Waals surface area (Å²) in [5, 5.41) is 8.32. The van der Waals surface area contributed by atoms with E-state index in [0.717, 1.165) is 43.9 Å². The lowest BCUT2D eigenvalue weighted by atomic mass is 9.76. The summed E-state index contributed by atoms with van der Waals surface area (Å²) >= 11 is 6.27. The van der Waals surface area contributed by atoms with Crippen molar-refractivity contribution in [2.24, 2.45) is 5.41 Å². The minimum absolute atomic E-state index is 0.217. The number of aromatic nitrogens is 2. The van der Waals surface area contributed by atoms with E-state index < -0.39 is 0 Å². The third-order valence-electron chi connectivity index (χ3n) is 4.16. The molecule has 2 rings (SSSR count). The topological polar surface area (TPSA) is 46.9 Å². The number of carbonyl (C=O) groups is 1. The third-order valence-corrected chi connectivity index (χ3v) is 4.65. The number of nitrogens with zero attached hydrogens (tertiary/aromatic N) is 2. The second-order valence-corrected chi connectivity index (χ2v) is 5.95. The molecular formula is C14H22ClN3O. The third kappa shape index (κ3) is 2.84. The lowest BCUT2D eigenvalue weighted by Crippen LogP contribution is -2.41. The first-order chi connectivity index (χ1) is 8.98. The molecule has 0 aromatic carbocycles. The zero-order chi connectivity index (χ0) is 14.0. The van der Waals surface area contributed by atoms with Gasteiger partial charge in [0.2, 0.25) is 0 Å². The number of halogens is 1. The fourth-order valence-electron chi connectivity index (χ4n) is 2.66. The molecule has 0 atom stereocenters. The van der Waals surface area contributed by atoms with E-state index in [1.165, 1.54) is 0 Å². The Morgan fingerprint density at radius 3 is 2.68 bits per heavy atom. The second-order valence-electron chi connectivity index (χ2n) is 5.57. The maximum atomic E-state index is 12.6. The molecule has 1 N–H and O–H groups in total. The van der Waals surface area contributed by atoms with Crippen LogP contribution in [0.25, 0.3) is 0 Å². The van der Waals surface area contributed by atoms with E-state index >= 15 is 0 Å². The summed E-state index contributed by atoms with van der Waals surface area (Å²) in [6.45, 7) is 8.56. The number of ketones is 1. The molecule has 0 radical (unpaired) electrons. The first kappa shape index (κ1) is 14.5. The fraction of sp³-hybridized carbons (Fsp3) is 0.714. The zero-order valence-electron chi connectivity index (χ0n) is 11.9. The largest absolute Gasteiger partial charge is 0.317 e. The number of Topliss-reactive ketones (excluding diaryl/α,β-unsaturated/α-hetero) is 1. The van der Waals surface area contributed by atoms with Crippen LogP contribution in [0, 0.1) is 12.3 Å². The standard InChI is InChI=1S/C14H22ClN3O/c1-4-18-11(13(15)10(2)17-18)9-12(19)14(3)5-7-16-8-6-14/h16H,4-9H2,1-3H3. The Balaban J connectivity index is 2.18. The van der Waals surface area contributed by atoms with Crippen LogP contribution in [0.2, 0.25) is 5.02 Å². The number of piperidine rings is 1. The number of hydrogen-bond donors (Lipinski definition) is 1. The summed E-state index contributed by atoms with van der Waals surface area (Å²) in [5.41, 5.74) is 1.46. The molecule has 1 aliphatic rings. The highest BCUT2D eigenvalue weighted by molar-refractivity contribution is 6.32. The van der Waals surface area contributed by atoms with Gasteiger partial charge in [0.05, 0.1) is 22.8 Å². The average Bonchev–Trinajstić information content (AvgIpc) is 2.67. The normalized spacial score (nSPS) is 18.5. The van der Waals surface area contributed by atoms with Crippen molar-refractivity contribution in [3.63, 3.8) is 0 Å². The molecule has 1 aromatic heterocycles. The van der Waals surface area contributed by atoms with Crippen molar-refractivity contribution in [1.29, 1.82) is 0 Å². The van der Waals surface area contributed by atoms with Gasteiger partial charge in [-0.05, 0) is 39.8 Å². The Bertz CT molecular complexity index is 475. The molecule has 1 aromatic rings. The van der Waals surface area contributed by atoms with Gasteiger partial charge in [-0.1, -0.05) is 18.5 Å². The van der Waals surface area contributed by atoms with E-state index in [-0.39, 0.29) is 11.2 Å². The van der Waals surface area contributed by atoms with Crippen molar-refractivity contribution < 1.29 is 4.79 Å². The number of hydrogen-bond acceptors (Lipinski definition) is 3. The van der Waals surface area contributed by atoms with E-state index in [4.69, 9.17) is 11.6 Å². The van der Waals surface area contributed by atoms with Crippen LogP contribution in [0.3, 0.4) is 0 Å². The van der Waals surface area contributed by atoms with Crippen molar-refractivity contribution in [2.45, 2.75) is 46.6 Å². The van der Waals surface area contributed by atoms with Gasteiger partial charge in [-0.2, -0.15) is 5.10 Å². The summed E-state index contributed by atoms with van der Waals surface area (Å²) in [4.78, 5) is 12.6. The highest BCUT2D eigenvalue weighted by Crippen LogP contribution is 2.32. The molecule has 1 aliphatic heterocycles. The lowest BCUT2D eigenvalue weighted by molar-refractivity contribution is -0.128. The Labute approximate surface area is 119 Å². The van der Waals surface area contributed by atoms with Gasteiger partial charge in [0.15, 0.2) is 0 Å². The highest BCUT2D eigenvalue weighted by Gasteiger charge is 2.35. The van der Waals surface area contributed by atoms with E-state index in [2.05, 4.69) is 17.3 Å². The van der Waals surface area contributed by atoms with E-state index in [1.54, 1.807) is 0 Å². The number of rotatable bonds is 4. The maximum Gasteiger partial charge on any atom is 0.144 e. The van der Waals surface area contributed by atoms with Crippen LogP contribution in [-0.2, 0) is 17.8 Å². The Kier molecular flexibility index (Phi) is 4.31. The molecule has 0 bridgehead atoms. The van der Waals surface area contributed by atoms with Crippen LogP contribution in [0.4, 0.5) is 0 Å².